The van der Waals surface area contributed by atoms with Crippen molar-refractivity contribution in [3.8, 4) is 34.2 Å². The van der Waals surface area contributed by atoms with Gasteiger partial charge < -0.3 is 20.5 Å². The predicted molar refractivity (Wildman–Crippen MR) is 200 cm³/mol. The van der Waals surface area contributed by atoms with Crippen LogP contribution in [0.3, 0.4) is 0 Å². The van der Waals surface area contributed by atoms with Crippen LogP contribution in [-0.4, -0.2) is 45.6 Å². The number of nitrogens with two attached hydrogens (primary N) is 1. The van der Waals surface area contributed by atoms with Crippen LogP contribution in [0.25, 0.3) is 22.3 Å². The number of ether oxygens (including phenoxy) is 2. The molecule has 1 saturated carbocycles. The second kappa shape index (κ2) is 14.6. The lowest BCUT2D eigenvalue weighted by Gasteiger charge is -2.38. The fourth-order valence-electron chi connectivity index (χ4n) is 7.46. The fraction of sp³-hybridized carbons (Fsp3) is 0.487. The Morgan fingerprint density at radius 1 is 0.939 bits per heavy atom. The number of carbonyl (C=O) groups excluding carboxylic acids is 1. The molecule has 9 nitrogen and oxygen atoms in total. The van der Waals surface area contributed by atoms with E-state index in [2.05, 4.69) is 74.4 Å². The zero-order valence-electron chi connectivity index (χ0n) is 30.5. The van der Waals surface area contributed by atoms with Crippen LogP contribution in [-0.2, 0) is 4.74 Å². The van der Waals surface area contributed by atoms with E-state index >= 15 is 0 Å². The molecule has 1 amide bonds. The molecular formula is C39H52N6O3Si. The lowest BCUT2D eigenvalue weighted by molar-refractivity contribution is 0.0487. The van der Waals surface area contributed by atoms with E-state index in [0.29, 0.717) is 33.8 Å². The van der Waals surface area contributed by atoms with E-state index in [1.54, 1.807) is 0 Å². The number of rotatable bonds is 8. The smallest absolute Gasteiger partial charge is 0.407 e. The maximum atomic E-state index is 12.3. The van der Waals surface area contributed by atoms with Gasteiger partial charge in [0, 0.05) is 17.2 Å². The summed E-state index contributed by atoms with van der Waals surface area (Å²) >= 11 is 0. The van der Waals surface area contributed by atoms with Gasteiger partial charge in [0.15, 0.2) is 5.65 Å². The van der Waals surface area contributed by atoms with Crippen molar-refractivity contribution in [2.24, 2.45) is 0 Å². The molecule has 1 fully saturated rings. The van der Waals surface area contributed by atoms with Crippen molar-refractivity contribution >= 4 is 31.0 Å². The quantitative estimate of drug-likeness (QED) is 0.141. The zero-order chi connectivity index (χ0) is 35.5. The summed E-state index contributed by atoms with van der Waals surface area (Å²) in [5, 5.41) is 8.81. The summed E-state index contributed by atoms with van der Waals surface area (Å²) in [6.45, 7) is 19.6. The summed E-state index contributed by atoms with van der Waals surface area (Å²) in [6, 6.07) is 16.1. The minimum atomic E-state index is -1.84. The van der Waals surface area contributed by atoms with Crippen LogP contribution in [0, 0.1) is 11.5 Å². The molecule has 3 N–H and O–H groups in total. The van der Waals surface area contributed by atoms with Gasteiger partial charge in [-0.1, -0.05) is 53.5 Å². The maximum Gasteiger partial charge on any atom is 0.407 e. The van der Waals surface area contributed by atoms with Gasteiger partial charge in [-0.3, -0.25) is 0 Å². The molecule has 0 radical (unpaired) electrons. The summed E-state index contributed by atoms with van der Waals surface area (Å²) in [5.74, 6) is 5.38. The Labute approximate surface area is 292 Å². The van der Waals surface area contributed by atoms with Gasteiger partial charge in [-0.05, 0) is 106 Å². The molecule has 4 aromatic rings. The summed E-state index contributed by atoms with van der Waals surface area (Å²) < 4.78 is 13.7. The lowest BCUT2D eigenvalue weighted by Crippen LogP contribution is -2.43. The Hall–Kier alpha value is -4.36. The standard InChI is InChI=1S/C39H52N6O3Si/c1-25(2)49(26(3)4,27(5)6)22-21-28-11-10-12-33(23-28)47-32-19-13-29(14-20-32)35-34-36(40)41-24-42-37(34)45(44-35)31-17-15-30(16-18-31)43-38(46)48-39(7,8)9/h10-14,19-20,23-27,30-31H,15-18H2,1-9H3,(H,43,46)(H2,40,41,42). The number of amides is 1. The van der Waals surface area contributed by atoms with Gasteiger partial charge in [0.1, 0.15) is 43.0 Å². The highest BCUT2D eigenvalue weighted by Gasteiger charge is 2.41. The zero-order valence-corrected chi connectivity index (χ0v) is 31.5. The Balaban J connectivity index is 1.33. The van der Waals surface area contributed by atoms with Crippen LogP contribution in [0.5, 0.6) is 11.5 Å². The number of hydrogen-bond acceptors (Lipinski definition) is 7. The van der Waals surface area contributed by atoms with E-state index in [4.69, 9.17) is 20.3 Å². The third kappa shape index (κ3) is 8.10. The first kappa shape index (κ1) is 35.9. The van der Waals surface area contributed by atoms with E-state index in [-0.39, 0.29) is 18.2 Å². The first-order valence-corrected chi connectivity index (χ1v) is 19.8. The molecule has 260 valence electrons. The number of aromatic nitrogens is 4. The topological polar surface area (TPSA) is 117 Å². The van der Waals surface area contributed by atoms with Gasteiger partial charge in [-0.25, -0.2) is 19.4 Å². The van der Waals surface area contributed by atoms with Crippen molar-refractivity contribution < 1.29 is 14.3 Å². The number of nitrogens with zero attached hydrogens (tertiary/aromatic N) is 4. The largest absolute Gasteiger partial charge is 0.457 e. The molecule has 1 aliphatic carbocycles. The average Bonchev–Trinajstić information content (AvgIpc) is 3.42. The fourth-order valence-corrected chi connectivity index (χ4v) is 12.7. The molecule has 5 rings (SSSR count). The molecule has 0 spiro atoms. The Bertz CT molecular complexity index is 1800. The van der Waals surface area contributed by atoms with E-state index in [9.17, 15) is 4.79 Å². The summed E-state index contributed by atoms with van der Waals surface area (Å²) in [5.41, 5.74) is 14.7. The van der Waals surface area contributed by atoms with Gasteiger partial charge in [-0.2, -0.15) is 5.10 Å². The van der Waals surface area contributed by atoms with Crippen LogP contribution < -0.4 is 15.8 Å². The first-order chi connectivity index (χ1) is 23.2. The molecule has 0 saturated heterocycles. The van der Waals surface area contributed by atoms with E-state index < -0.39 is 13.7 Å². The highest BCUT2D eigenvalue weighted by Crippen LogP contribution is 2.41. The molecule has 0 unspecified atom stereocenters. The van der Waals surface area contributed by atoms with Crippen LogP contribution in [0.2, 0.25) is 16.6 Å². The normalized spacial score (nSPS) is 16.9. The molecule has 0 bridgehead atoms. The Kier molecular flexibility index (Phi) is 10.7. The SMILES string of the molecule is CC(C)[Si](C#Cc1cccc(Oc2ccc(-c3nn(C4CCC(NC(=O)OC(C)(C)C)CC4)c4ncnc(N)c34)cc2)c1)(C(C)C)C(C)C. The number of carbonyl (C=O) groups is 1. The highest BCUT2D eigenvalue weighted by atomic mass is 28.3. The van der Waals surface area contributed by atoms with Crippen LogP contribution in [0.4, 0.5) is 10.6 Å². The lowest BCUT2D eigenvalue weighted by atomic mass is 9.91. The maximum absolute atomic E-state index is 12.3. The van der Waals surface area contributed by atoms with Crippen molar-refractivity contribution in [3.63, 3.8) is 0 Å². The van der Waals surface area contributed by atoms with Crippen LogP contribution in [0.15, 0.2) is 54.9 Å². The number of nitrogens with one attached hydrogen (secondary N) is 1. The van der Waals surface area contributed by atoms with Crippen molar-refractivity contribution in [2.75, 3.05) is 5.73 Å². The predicted octanol–water partition coefficient (Wildman–Crippen LogP) is 9.45. The third-order valence-corrected chi connectivity index (χ3v) is 16.1. The van der Waals surface area contributed by atoms with Crippen LogP contribution >= 0.6 is 0 Å². The van der Waals surface area contributed by atoms with E-state index in [1.807, 2.05) is 67.9 Å². The summed E-state index contributed by atoms with van der Waals surface area (Å²) in [6.07, 6.45) is 4.42. The molecule has 10 heteroatoms. The van der Waals surface area contributed by atoms with Crippen molar-refractivity contribution in [2.45, 2.75) is 122 Å². The van der Waals surface area contributed by atoms with E-state index in [1.165, 1.54) is 6.33 Å². The molecule has 49 heavy (non-hydrogen) atoms. The second-order valence-electron chi connectivity index (χ2n) is 15.2. The molecule has 2 aromatic carbocycles. The number of nitrogen functional groups attached to an aromatic ring is 1. The second-order valence-corrected chi connectivity index (χ2v) is 20.8. The molecule has 1 aliphatic rings. The summed E-state index contributed by atoms with van der Waals surface area (Å²) in [7, 11) is -1.84. The average molecular weight is 681 g/mol. The minimum absolute atomic E-state index is 0.0582. The summed E-state index contributed by atoms with van der Waals surface area (Å²) in [4.78, 5) is 21.2. The molecule has 2 aromatic heterocycles. The van der Waals surface area contributed by atoms with E-state index in [0.717, 1.165) is 53.6 Å². The number of alkyl carbamates (subject to hydrolysis) is 1. The molecular weight excluding hydrogens is 629 g/mol. The van der Waals surface area contributed by atoms with Gasteiger partial charge in [0.05, 0.1) is 11.4 Å². The van der Waals surface area contributed by atoms with Crippen molar-refractivity contribution in [1.82, 2.24) is 25.1 Å². The van der Waals surface area contributed by atoms with Gasteiger partial charge in [0.25, 0.3) is 0 Å². The molecule has 0 atom stereocenters. The Morgan fingerprint density at radius 3 is 2.20 bits per heavy atom. The number of hydrogen-bond donors (Lipinski definition) is 2. The van der Waals surface area contributed by atoms with Gasteiger partial charge in [-0.15, -0.1) is 5.54 Å². The van der Waals surface area contributed by atoms with Gasteiger partial charge >= 0.3 is 6.09 Å². The monoisotopic (exact) mass is 680 g/mol. The minimum Gasteiger partial charge on any atom is -0.457 e. The Morgan fingerprint density at radius 2 is 1.59 bits per heavy atom. The highest BCUT2D eigenvalue weighted by molar-refractivity contribution is 6.90. The number of fused-ring (bicyclic) bond motifs is 1. The van der Waals surface area contributed by atoms with Crippen molar-refractivity contribution in [1.29, 1.82) is 0 Å². The number of benzene rings is 2. The molecule has 0 aliphatic heterocycles. The molecule has 2 heterocycles. The first-order valence-electron chi connectivity index (χ1n) is 17.6. The van der Waals surface area contributed by atoms with Crippen LogP contribution in [0.1, 0.15) is 99.6 Å². The number of anilines is 1. The van der Waals surface area contributed by atoms with Crippen molar-refractivity contribution in [3.05, 3.63) is 60.4 Å². The third-order valence-electron chi connectivity index (χ3n) is 9.77. The van der Waals surface area contributed by atoms with Gasteiger partial charge in [0.2, 0.25) is 0 Å².